The number of hydrogen-bond acceptors (Lipinski definition) is 3. The van der Waals surface area contributed by atoms with Gasteiger partial charge in [0.25, 0.3) is 6.71 Å². The van der Waals surface area contributed by atoms with E-state index in [4.69, 9.17) is 0 Å². The van der Waals surface area contributed by atoms with Gasteiger partial charge in [0.2, 0.25) is 0 Å². The monoisotopic (exact) mass is 1170 g/mol. The minimum absolute atomic E-state index is 0.0225. The summed E-state index contributed by atoms with van der Waals surface area (Å²) in [7, 11) is 2.32. The van der Waals surface area contributed by atoms with E-state index in [9.17, 15) is 0 Å². The van der Waals surface area contributed by atoms with Gasteiger partial charge in [-0.3, -0.25) is 0 Å². The van der Waals surface area contributed by atoms with E-state index in [0.717, 1.165) is 56.5 Å². The Hall–Kier alpha value is -9.58. The molecular weight excluding hydrogens is 1090 g/mol. The Morgan fingerprint density at radius 1 is 0.322 bits per heavy atom. The van der Waals surface area contributed by atoms with Gasteiger partial charge >= 0.3 is 0 Å². The van der Waals surface area contributed by atoms with Crippen LogP contribution in [0.25, 0.3) is 55.4 Å². The third kappa shape index (κ3) is 10.1. The molecule has 2 aliphatic heterocycles. The van der Waals surface area contributed by atoms with E-state index in [1.165, 1.54) is 88.9 Å². The first kappa shape index (κ1) is 58.1. The second-order valence-electron chi connectivity index (χ2n) is 29.1. The second-order valence-corrected chi connectivity index (χ2v) is 29.1. The van der Waals surface area contributed by atoms with Crippen LogP contribution in [0.2, 0.25) is 0 Å². The van der Waals surface area contributed by atoms with E-state index in [1.54, 1.807) is 0 Å². The van der Waals surface area contributed by atoms with Crippen LogP contribution in [0, 0.1) is 0 Å². The molecule has 0 fully saturated rings. The smallest absolute Gasteiger partial charge is 0.272 e. The molecule has 0 saturated heterocycles. The Morgan fingerprint density at radius 3 is 1.31 bits per heavy atom. The molecule has 4 nitrogen and oxygen atoms in total. The molecule has 2 aliphatic rings. The normalized spacial score (nSPS) is 13.1. The van der Waals surface area contributed by atoms with Crippen molar-refractivity contribution in [2.45, 2.75) is 105 Å². The van der Waals surface area contributed by atoms with Crippen LogP contribution in [0.15, 0.2) is 255 Å². The topological polar surface area (TPSA) is 14.7 Å². The van der Waals surface area contributed by atoms with Crippen molar-refractivity contribution in [1.29, 1.82) is 0 Å². The molecule has 0 radical (unpaired) electrons. The van der Waals surface area contributed by atoms with Crippen molar-refractivity contribution in [2.75, 3.05) is 14.7 Å². The van der Waals surface area contributed by atoms with Gasteiger partial charge in [-0.25, -0.2) is 0 Å². The van der Waals surface area contributed by atoms with Crippen LogP contribution in [-0.4, -0.2) is 11.3 Å². The van der Waals surface area contributed by atoms with Gasteiger partial charge in [-0.2, -0.15) is 0 Å². The molecule has 0 amide bonds. The Labute approximate surface area is 534 Å². The quantitative estimate of drug-likeness (QED) is 0.134. The number of anilines is 9. The average molecular weight is 1170 g/mol. The first-order valence-electron chi connectivity index (χ1n) is 32.2. The Kier molecular flexibility index (Phi) is 14.1. The highest BCUT2D eigenvalue weighted by Crippen LogP contribution is 2.53. The Bertz CT molecular complexity index is 4670. The highest BCUT2D eigenvalue weighted by atomic mass is 15.2. The zero-order valence-corrected chi connectivity index (χ0v) is 54.6. The van der Waals surface area contributed by atoms with Crippen molar-refractivity contribution in [2.24, 2.45) is 7.05 Å². The maximum Gasteiger partial charge on any atom is 0.272 e. The summed E-state index contributed by atoms with van der Waals surface area (Å²) in [6, 6.07) is 96.5. The van der Waals surface area contributed by atoms with Crippen LogP contribution in [0.1, 0.15) is 105 Å². The van der Waals surface area contributed by atoms with Crippen molar-refractivity contribution in [3.05, 3.63) is 277 Å². The lowest BCUT2D eigenvalue weighted by Gasteiger charge is -2.45. The summed E-state index contributed by atoms with van der Waals surface area (Å²) >= 11 is 0. The molecule has 0 unspecified atom stereocenters. The first-order valence-corrected chi connectivity index (χ1v) is 32.2. The molecule has 12 aromatic rings. The first-order chi connectivity index (χ1) is 43.1. The van der Waals surface area contributed by atoms with Gasteiger partial charge in [-0.1, -0.05) is 271 Å². The van der Waals surface area contributed by atoms with E-state index >= 15 is 0 Å². The standard InChI is InChI=1S/C85H81BN4/c1-82(2,3)61-41-44-65(45-42-61)88(73-38-26-23-35-67(73)56-29-17-14-18-30-56)66-46-47-71-76(55-66)89(74-39-27-24-36-68(74)57-31-19-15-20-32-57)77-51-60(59-49-63(84(7,8)9)53-64(50-59)85(10,11)12)52-78-79(77)86(71)81-80(70-54-62(83(4,5)6)43-48-72(70)87(81)13)90(78)75-40-28-25-37-69(75)58-33-21-16-22-34-58/h14-55H,1-13H3. The number of aromatic nitrogens is 1. The Morgan fingerprint density at radius 2 is 0.767 bits per heavy atom. The van der Waals surface area contributed by atoms with E-state index < -0.39 is 0 Å². The third-order valence-corrected chi connectivity index (χ3v) is 19.0. The number of nitrogens with zero attached hydrogens (tertiary/aromatic N) is 4. The molecule has 14 rings (SSSR count). The Balaban J connectivity index is 1.15. The minimum atomic E-state index is -0.193. The molecule has 90 heavy (non-hydrogen) atoms. The molecule has 444 valence electrons. The number of para-hydroxylation sites is 3. The van der Waals surface area contributed by atoms with Crippen molar-refractivity contribution in [1.82, 2.24) is 4.57 Å². The fourth-order valence-electron chi connectivity index (χ4n) is 14.0. The molecule has 1 aromatic heterocycles. The number of fused-ring (bicyclic) bond motifs is 6. The van der Waals surface area contributed by atoms with Gasteiger partial charge < -0.3 is 19.3 Å². The third-order valence-electron chi connectivity index (χ3n) is 19.0. The summed E-state index contributed by atoms with van der Waals surface area (Å²) in [6.45, 7) is 27.9. The number of benzene rings is 11. The summed E-state index contributed by atoms with van der Waals surface area (Å²) in [6.07, 6.45) is 0. The summed E-state index contributed by atoms with van der Waals surface area (Å²) in [5.41, 5.74) is 29.4. The van der Waals surface area contributed by atoms with Crippen LogP contribution in [0.4, 0.5) is 51.2 Å². The number of rotatable bonds is 9. The van der Waals surface area contributed by atoms with E-state index in [0.29, 0.717) is 0 Å². The summed E-state index contributed by atoms with van der Waals surface area (Å²) < 4.78 is 2.54. The van der Waals surface area contributed by atoms with E-state index in [1.807, 2.05) is 0 Å². The molecule has 0 atom stereocenters. The molecular formula is C85H81BN4. The lowest BCUT2D eigenvalue weighted by Crippen LogP contribution is -2.62. The summed E-state index contributed by atoms with van der Waals surface area (Å²) in [5, 5.41) is 1.24. The van der Waals surface area contributed by atoms with Crippen molar-refractivity contribution < 1.29 is 0 Å². The van der Waals surface area contributed by atoms with Crippen molar-refractivity contribution in [3.8, 4) is 44.5 Å². The van der Waals surface area contributed by atoms with Gasteiger partial charge in [-0.05, 0) is 149 Å². The fourth-order valence-corrected chi connectivity index (χ4v) is 14.0. The SMILES string of the molecule is Cn1c2c(c3cc(C(C)(C)C)ccc31)N(c1ccccc1-c1ccccc1)c1cc(-c3cc(C(C)(C)C)cc(C(C)(C)C)c3)cc3c1B2c1ccc(N(c2ccc(C(C)(C)C)cc2)c2ccccc2-c2ccccc2)cc1N3c1ccccc1-c1ccccc1. The van der Waals surface area contributed by atoms with Gasteiger partial charge in [0.05, 0.1) is 22.7 Å². The molecule has 0 N–H and O–H groups in total. The zero-order chi connectivity index (χ0) is 62.6. The van der Waals surface area contributed by atoms with Crippen LogP contribution in [0.5, 0.6) is 0 Å². The van der Waals surface area contributed by atoms with Gasteiger partial charge in [0, 0.05) is 68.7 Å². The highest BCUT2D eigenvalue weighted by Gasteiger charge is 2.47. The minimum Gasteiger partial charge on any atom is -0.353 e. The zero-order valence-electron chi connectivity index (χ0n) is 54.6. The average Bonchev–Trinajstić information content (AvgIpc) is 1.30. The predicted molar refractivity (Wildman–Crippen MR) is 388 cm³/mol. The van der Waals surface area contributed by atoms with E-state index in [-0.39, 0.29) is 28.4 Å². The second kappa shape index (κ2) is 21.9. The molecule has 0 bridgehead atoms. The number of hydrogen-bond donors (Lipinski definition) is 0. The van der Waals surface area contributed by atoms with Crippen LogP contribution >= 0.6 is 0 Å². The van der Waals surface area contributed by atoms with E-state index in [2.05, 4.69) is 364 Å². The highest BCUT2D eigenvalue weighted by molar-refractivity contribution is 7.00. The molecule has 11 aromatic carbocycles. The van der Waals surface area contributed by atoms with Crippen molar-refractivity contribution >= 4 is 85.3 Å². The van der Waals surface area contributed by atoms with Crippen LogP contribution in [0.3, 0.4) is 0 Å². The molecule has 3 heterocycles. The van der Waals surface area contributed by atoms with Gasteiger partial charge in [-0.15, -0.1) is 0 Å². The lowest BCUT2D eigenvalue weighted by atomic mass is 9.35. The maximum absolute atomic E-state index is 2.67. The summed E-state index contributed by atoms with van der Waals surface area (Å²) in [5.74, 6) is 0. The maximum atomic E-state index is 2.67. The fraction of sp³-hybridized carbons (Fsp3) is 0.200. The number of aryl methyl sites for hydroxylation is 1. The molecule has 5 heteroatoms. The predicted octanol–water partition coefficient (Wildman–Crippen LogP) is 21.6. The van der Waals surface area contributed by atoms with Gasteiger partial charge in [0.1, 0.15) is 0 Å². The van der Waals surface area contributed by atoms with Gasteiger partial charge in [0.15, 0.2) is 0 Å². The molecule has 0 spiro atoms. The molecule has 0 saturated carbocycles. The summed E-state index contributed by atoms with van der Waals surface area (Å²) in [4.78, 5) is 7.82. The molecule has 0 aliphatic carbocycles. The van der Waals surface area contributed by atoms with Crippen LogP contribution in [-0.2, 0) is 28.7 Å². The lowest BCUT2D eigenvalue weighted by molar-refractivity contribution is 0.569. The largest absolute Gasteiger partial charge is 0.353 e. The van der Waals surface area contributed by atoms with Crippen molar-refractivity contribution in [3.63, 3.8) is 0 Å². The van der Waals surface area contributed by atoms with Crippen LogP contribution < -0.4 is 31.2 Å².